The zero-order valence-electron chi connectivity index (χ0n) is 42.5. The quantitative estimate of drug-likeness (QED) is 0.0542. The van der Waals surface area contributed by atoms with E-state index in [0.717, 1.165) is 38.5 Å². The van der Waals surface area contributed by atoms with Crippen LogP contribution in [0.2, 0.25) is 0 Å². The van der Waals surface area contributed by atoms with Crippen molar-refractivity contribution < 1.29 is 35.9 Å². The van der Waals surface area contributed by atoms with Gasteiger partial charge in [0.1, 0.15) is 0 Å². The molecule has 2 aromatic rings. The minimum Gasteiger partial charge on any atom is -0.352 e. The Hall–Kier alpha value is -3.38. The Labute approximate surface area is 430 Å². The van der Waals surface area contributed by atoms with E-state index in [-0.39, 0.29) is 23.0 Å². The normalized spacial score (nSPS) is 19.4. The third-order valence-electron chi connectivity index (χ3n) is 14.7. The predicted octanol–water partition coefficient (Wildman–Crippen LogP) is 18.2. The lowest BCUT2D eigenvalue weighted by Gasteiger charge is -2.30. The van der Waals surface area contributed by atoms with Gasteiger partial charge in [-0.1, -0.05) is 205 Å². The van der Waals surface area contributed by atoms with E-state index in [1.54, 1.807) is 48.5 Å². The maximum Gasteiger partial charge on any atom is 0.380 e. The molecule has 4 nitrogen and oxygen atoms in total. The van der Waals surface area contributed by atoms with Crippen molar-refractivity contribution in [2.45, 2.75) is 222 Å². The first-order valence-electron chi connectivity index (χ1n) is 27.5. The van der Waals surface area contributed by atoms with Crippen molar-refractivity contribution >= 4 is 45.1 Å². The first-order chi connectivity index (χ1) is 34.3. The molecular weight excluding hydrogens is 947 g/mol. The summed E-state index contributed by atoms with van der Waals surface area (Å²) in [5, 5.41) is 4.25. The average Bonchev–Trinajstić information content (AvgIpc) is 4.04. The van der Waals surface area contributed by atoms with Crippen molar-refractivity contribution in [1.82, 2.24) is 10.6 Å². The Morgan fingerprint density at radius 1 is 0.423 bits per heavy atom. The number of allylic oxidation sites excluding steroid dienone is 4. The SMILES string of the molecule is CCCCCCCCCCCCCCCCNC(=O)c1ccc(C2=CC3=C4C(=C5C=C(c6ccc(C(=O)NCCCCCCCCCCCCCCCC)cc6)S[C@H]5[C@@H]3S2)C(F)(F)C(F)(F)C4(F)F)cc1. The van der Waals surface area contributed by atoms with Gasteiger partial charge in [-0.25, -0.2) is 0 Å². The number of rotatable bonds is 34. The monoisotopic (exact) mass is 1030 g/mol. The molecule has 6 rings (SSSR count). The summed E-state index contributed by atoms with van der Waals surface area (Å²) in [7, 11) is 0. The van der Waals surface area contributed by atoms with Gasteiger partial charge in [0, 0.05) is 45.2 Å². The fourth-order valence-electron chi connectivity index (χ4n) is 10.4. The molecule has 0 spiro atoms. The van der Waals surface area contributed by atoms with Crippen LogP contribution in [0.4, 0.5) is 26.3 Å². The second-order valence-electron chi connectivity index (χ2n) is 20.3. The molecule has 2 aliphatic heterocycles. The molecule has 392 valence electrons. The van der Waals surface area contributed by atoms with E-state index < -0.39 is 39.4 Å². The first-order valence-corrected chi connectivity index (χ1v) is 29.3. The number of unbranched alkanes of at least 4 members (excludes halogenated alkanes) is 26. The minimum atomic E-state index is -5.63. The number of nitrogens with one attached hydrogen (secondary N) is 2. The number of carbonyl (C=O) groups excluding carboxylic acids is 2. The van der Waals surface area contributed by atoms with Crippen molar-refractivity contribution in [3.8, 4) is 0 Å². The molecule has 0 aromatic heterocycles. The van der Waals surface area contributed by atoms with Crippen LogP contribution in [-0.2, 0) is 0 Å². The van der Waals surface area contributed by atoms with Crippen molar-refractivity contribution in [3.63, 3.8) is 0 Å². The highest BCUT2D eigenvalue weighted by atomic mass is 32.2. The van der Waals surface area contributed by atoms with Crippen LogP contribution in [-0.4, -0.2) is 53.2 Å². The standard InChI is InChI=1S/C59H80F6N2O2S2/c1-3-5-7-9-11-13-15-17-19-21-23-25-27-29-39-66-55(68)45-35-31-43(32-36-45)49-41-47-51-52(58(62,63)59(64,65)57(51,60)61)48-42-50(71-54(48)53(47)70-49)44-33-37-46(38-34-44)56(69)67-40-30-28-26-24-22-20-18-16-14-12-10-8-6-4-2/h31-38,41-42,53-54H,3-30,39-40H2,1-2H3,(H,66,68)(H,67,69)/t53-,54-/m1/s1. The zero-order valence-corrected chi connectivity index (χ0v) is 44.2. The van der Waals surface area contributed by atoms with E-state index in [0.29, 0.717) is 45.2 Å². The summed E-state index contributed by atoms with van der Waals surface area (Å²) in [6.45, 7) is 5.59. The predicted molar refractivity (Wildman–Crippen MR) is 286 cm³/mol. The van der Waals surface area contributed by atoms with Gasteiger partial charge >= 0.3 is 17.8 Å². The summed E-state index contributed by atoms with van der Waals surface area (Å²) < 4.78 is 93.4. The van der Waals surface area contributed by atoms with Crippen LogP contribution in [0.1, 0.15) is 225 Å². The summed E-state index contributed by atoms with van der Waals surface area (Å²) in [6, 6.07) is 13.2. The van der Waals surface area contributed by atoms with E-state index in [2.05, 4.69) is 24.5 Å². The summed E-state index contributed by atoms with van der Waals surface area (Å²) >= 11 is 2.37. The van der Waals surface area contributed by atoms with Gasteiger partial charge in [0.15, 0.2) is 0 Å². The molecule has 2 N–H and O–H groups in total. The van der Waals surface area contributed by atoms with Crippen LogP contribution in [0.3, 0.4) is 0 Å². The molecule has 2 atom stereocenters. The van der Waals surface area contributed by atoms with Crippen molar-refractivity contribution in [2.75, 3.05) is 13.1 Å². The summed E-state index contributed by atoms with van der Waals surface area (Å²) in [6.07, 6.45) is 37.6. The number of carbonyl (C=O) groups is 2. The summed E-state index contributed by atoms with van der Waals surface area (Å²) in [5.74, 6) is -16.3. The van der Waals surface area contributed by atoms with Crippen LogP contribution in [0.25, 0.3) is 9.81 Å². The molecule has 0 unspecified atom stereocenters. The molecule has 0 radical (unpaired) electrons. The van der Waals surface area contributed by atoms with Gasteiger partial charge in [-0.05, 0) is 71.5 Å². The molecule has 2 aromatic carbocycles. The molecule has 1 fully saturated rings. The van der Waals surface area contributed by atoms with Gasteiger partial charge in [-0.2, -0.15) is 26.3 Å². The van der Waals surface area contributed by atoms with Crippen molar-refractivity contribution in [2.24, 2.45) is 0 Å². The van der Waals surface area contributed by atoms with Crippen LogP contribution < -0.4 is 10.6 Å². The Balaban J connectivity index is 0.971. The summed E-state index contributed by atoms with van der Waals surface area (Å²) in [4.78, 5) is 26.9. The summed E-state index contributed by atoms with van der Waals surface area (Å²) in [5.41, 5.74) is -1.06. The Kier molecular flexibility index (Phi) is 22.7. The fourth-order valence-corrected chi connectivity index (χ4v) is 13.4. The molecule has 0 saturated heterocycles. The lowest BCUT2D eigenvalue weighted by atomic mass is 9.84. The molecule has 4 aliphatic rings. The zero-order chi connectivity index (χ0) is 50.7. The van der Waals surface area contributed by atoms with Gasteiger partial charge in [0.05, 0.1) is 10.5 Å². The van der Waals surface area contributed by atoms with E-state index >= 15 is 26.3 Å². The van der Waals surface area contributed by atoms with Gasteiger partial charge in [0.25, 0.3) is 11.8 Å². The van der Waals surface area contributed by atoms with E-state index in [1.165, 1.54) is 177 Å². The van der Waals surface area contributed by atoms with E-state index in [4.69, 9.17) is 0 Å². The van der Waals surface area contributed by atoms with Gasteiger partial charge < -0.3 is 10.6 Å². The number of amides is 2. The topological polar surface area (TPSA) is 58.2 Å². The number of fused-ring (bicyclic) bond motifs is 4. The lowest BCUT2D eigenvalue weighted by molar-refractivity contribution is -0.258. The number of halogens is 6. The molecule has 71 heavy (non-hydrogen) atoms. The van der Waals surface area contributed by atoms with E-state index in [1.807, 2.05) is 0 Å². The number of thioether (sulfide) groups is 2. The smallest absolute Gasteiger partial charge is 0.352 e. The van der Waals surface area contributed by atoms with Crippen LogP contribution in [0, 0.1) is 0 Å². The van der Waals surface area contributed by atoms with Crippen LogP contribution in [0.5, 0.6) is 0 Å². The highest BCUT2D eigenvalue weighted by Gasteiger charge is 2.83. The number of benzene rings is 2. The van der Waals surface area contributed by atoms with E-state index in [9.17, 15) is 9.59 Å². The Bertz CT molecular complexity index is 2000. The molecule has 12 heteroatoms. The van der Waals surface area contributed by atoms with Crippen molar-refractivity contribution in [3.05, 3.63) is 105 Å². The van der Waals surface area contributed by atoms with Gasteiger partial charge in [-0.15, -0.1) is 23.5 Å². The first kappa shape index (κ1) is 56.9. The number of hydrogen-bond acceptors (Lipinski definition) is 4. The largest absolute Gasteiger partial charge is 0.380 e. The minimum absolute atomic E-state index is 0.224. The third-order valence-corrected chi connectivity index (χ3v) is 17.7. The lowest BCUT2D eigenvalue weighted by Crippen LogP contribution is -2.47. The fraction of sp³-hybridized carbons (Fsp3) is 0.627. The van der Waals surface area contributed by atoms with Gasteiger partial charge in [-0.3, -0.25) is 9.59 Å². The highest BCUT2D eigenvalue weighted by Crippen LogP contribution is 2.69. The molecular formula is C59H80F6N2O2S2. The number of alkyl halides is 6. The second-order valence-corrected chi connectivity index (χ2v) is 22.7. The average molecular weight is 1030 g/mol. The molecule has 1 saturated carbocycles. The van der Waals surface area contributed by atoms with Crippen molar-refractivity contribution in [1.29, 1.82) is 0 Å². The van der Waals surface area contributed by atoms with Crippen LogP contribution in [0.15, 0.2) is 83.0 Å². The second kappa shape index (κ2) is 28.3. The Morgan fingerprint density at radius 2 is 0.690 bits per heavy atom. The van der Waals surface area contributed by atoms with Gasteiger partial charge in [0.2, 0.25) is 0 Å². The maximum absolute atomic E-state index is 15.7. The highest BCUT2D eigenvalue weighted by molar-refractivity contribution is 8.13. The molecule has 2 amide bonds. The maximum atomic E-state index is 15.7. The third kappa shape index (κ3) is 14.9. The Morgan fingerprint density at radius 3 is 0.972 bits per heavy atom. The van der Waals surface area contributed by atoms with Crippen LogP contribution >= 0.6 is 23.5 Å². The molecule has 0 bridgehead atoms. The molecule has 2 aliphatic carbocycles. The number of hydrogen-bond donors (Lipinski definition) is 2. The molecule has 2 heterocycles.